The normalized spacial score (nSPS) is 11.0. The monoisotopic (exact) mass is 418 g/mol. The summed E-state index contributed by atoms with van der Waals surface area (Å²) in [4.78, 5) is 26.5. The molecule has 0 N–H and O–H groups in total. The standard InChI is InChI=1S/C22H30N2O6/c1-13(2)24(14(3)4)21(25)12-29-22(26)17-8-9-19(20(10-17)27-7)28-11-18-15(5)23-30-16(18)6/h8-10,13-14H,11-12H2,1-7H3. The molecule has 2 aromatic rings. The van der Waals surface area contributed by atoms with Crippen molar-refractivity contribution in [1.29, 1.82) is 0 Å². The third-order valence-corrected chi connectivity index (χ3v) is 4.68. The lowest BCUT2D eigenvalue weighted by Gasteiger charge is -2.30. The van der Waals surface area contributed by atoms with Crippen LogP contribution in [0, 0.1) is 13.8 Å². The van der Waals surface area contributed by atoms with Crippen molar-refractivity contribution in [2.75, 3.05) is 13.7 Å². The number of methoxy groups -OCH3 is 1. The molecule has 0 saturated carbocycles. The van der Waals surface area contributed by atoms with Gasteiger partial charge in [-0.3, -0.25) is 4.79 Å². The van der Waals surface area contributed by atoms with Crippen LogP contribution in [0.3, 0.4) is 0 Å². The van der Waals surface area contributed by atoms with Crippen LogP contribution in [0.4, 0.5) is 0 Å². The summed E-state index contributed by atoms with van der Waals surface area (Å²) in [6, 6.07) is 4.76. The van der Waals surface area contributed by atoms with Gasteiger partial charge in [-0.25, -0.2) is 4.79 Å². The van der Waals surface area contributed by atoms with E-state index in [2.05, 4.69) is 5.16 Å². The SMILES string of the molecule is COc1cc(C(=O)OCC(=O)N(C(C)C)C(C)C)ccc1OCc1c(C)noc1C. The summed E-state index contributed by atoms with van der Waals surface area (Å²) < 4.78 is 21.5. The fourth-order valence-corrected chi connectivity index (χ4v) is 3.23. The smallest absolute Gasteiger partial charge is 0.338 e. The Bertz CT molecular complexity index is 860. The molecule has 2 rings (SSSR count). The number of amides is 1. The second-order valence-electron chi connectivity index (χ2n) is 7.52. The highest BCUT2D eigenvalue weighted by Crippen LogP contribution is 2.29. The molecule has 0 unspecified atom stereocenters. The van der Waals surface area contributed by atoms with Crippen LogP contribution >= 0.6 is 0 Å². The molecule has 0 fully saturated rings. The van der Waals surface area contributed by atoms with Crippen LogP contribution in [0.15, 0.2) is 22.7 Å². The number of aryl methyl sites for hydroxylation is 2. The quantitative estimate of drug-likeness (QED) is 0.574. The van der Waals surface area contributed by atoms with Crippen molar-refractivity contribution in [2.45, 2.75) is 60.2 Å². The van der Waals surface area contributed by atoms with Gasteiger partial charge >= 0.3 is 5.97 Å². The van der Waals surface area contributed by atoms with E-state index in [4.69, 9.17) is 18.7 Å². The lowest BCUT2D eigenvalue weighted by atomic mass is 10.2. The van der Waals surface area contributed by atoms with Crippen molar-refractivity contribution in [3.05, 3.63) is 40.8 Å². The molecule has 0 atom stereocenters. The van der Waals surface area contributed by atoms with Crippen molar-refractivity contribution in [3.63, 3.8) is 0 Å². The molecule has 0 bridgehead atoms. The molecule has 164 valence electrons. The van der Waals surface area contributed by atoms with E-state index >= 15 is 0 Å². The summed E-state index contributed by atoms with van der Waals surface area (Å²) in [7, 11) is 1.49. The molecule has 1 aromatic carbocycles. The Labute approximate surface area is 177 Å². The van der Waals surface area contributed by atoms with Crippen LogP contribution in [-0.4, -0.2) is 47.7 Å². The summed E-state index contributed by atoms with van der Waals surface area (Å²) in [6.45, 7) is 11.3. The molecule has 0 aliphatic rings. The van der Waals surface area contributed by atoms with Crippen LogP contribution in [0.2, 0.25) is 0 Å². The minimum Gasteiger partial charge on any atom is -0.493 e. The van der Waals surface area contributed by atoms with Crippen LogP contribution in [0.25, 0.3) is 0 Å². The minimum atomic E-state index is -0.605. The number of nitrogens with zero attached hydrogens (tertiary/aromatic N) is 2. The van der Waals surface area contributed by atoms with Gasteiger partial charge in [0.1, 0.15) is 12.4 Å². The van der Waals surface area contributed by atoms with E-state index < -0.39 is 5.97 Å². The number of rotatable bonds is 9. The maximum atomic E-state index is 12.4. The average Bonchev–Trinajstić information content (AvgIpc) is 3.01. The Morgan fingerprint density at radius 3 is 2.30 bits per heavy atom. The van der Waals surface area contributed by atoms with E-state index in [0.717, 1.165) is 11.3 Å². The second kappa shape index (κ2) is 10.1. The lowest BCUT2D eigenvalue weighted by Crippen LogP contribution is -2.44. The van der Waals surface area contributed by atoms with Crippen molar-refractivity contribution in [3.8, 4) is 11.5 Å². The molecule has 1 heterocycles. The molecule has 1 aromatic heterocycles. The van der Waals surface area contributed by atoms with Gasteiger partial charge < -0.3 is 23.6 Å². The number of benzene rings is 1. The molecular weight excluding hydrogens is 388 g/mol. The second-order valence-corrected chi connectivity index (χ2v) is 7.52. The molecule has 30 heavy (non-hydrogen) atoms. The molecule has 0 radical (unpaired) electrons. The van der Waals surface area contributed by atoms with Crippen LogP contribution < -0.4 is 9.47 Å². The highest BCUT2D eigenvalue weighted by Gasteiger charge is 2.22. The number of hydrogen-bond donors (Lipinski definition) is 0. The summed E-state index contributed by atoms with van der Waals surface area (Å²) in [5.74, 6) is 0.698. The van der Waals surface area contributed by atoms with E-state index in [0.29, 0.717) is 17.3 Å². The third-order valence-electron chi connectivity index (χ3n) is 4.68. The first-order chi connectivity index (χ1) is 14.1. The van der Waals surface area contributed by atoms with E-state index in [1.54, 1.807) is 17.0 Å². The highest BCUT2D eigenvalue weighted by atomic mass is 16.5. The molecule has 0 saturated heterocycles. The van der Waals surface area contributed by atoms with Crippen LogP contribution in [-0.2, 0) is 16.1 Å². The van der Waals surface area contributed by atoms with Gasteiger partial charge in [-0.15, -0.1) is 0 Å². The fraction of sp³-hybridized carbons (Fsp3) is 0.500. The number of esters is 1. The Hall–Kier alpha value is -3.03. The largest absolute Gasteiger partial charge is 0.493 e. The molecule has 8 heteroatoms. The molecular formula is C22H30N2O6. The molecule has 0 aliphatic heterocycles. The minimum absolute atomic E-state index is 0.0189. The number of ether oxygens (including phenoxy) is 3. The Kier molecular flexibility index (Phi) is 7.86. The summed E-state index contributed by atoms with van der Waals surface area (Å²) in [5, 5.41) is 3.90. The fourth-order valence-electron chi connectivity index (χ4n) is 3.23. The van der Waals surface area contributed by atoms with E-state index in [1.807, 2.05) is 41.5 Å². The number of hydrogen-bond acceptors (Lipinski definition) is 7. The van der Waals surface area contributed by atoms with Gasteiger partial charge in [-0.05, 0) is 59.7 Å². The number of carbonyl (C=O) groups is 2. The van der Waals surface area contributed by atoms with Crippen LogP contribution in [0.5, 0.6) is 11.5 Å². The van der Waals surface area contributed by atoms with E-state index in [-0.39, 0.29) is 36.8 Å². The summed E-state index contributed by atoms with van der Waals surface area (Å²) >= 11 is 0. The molecule has 8 nitrogen and oxygen atoms in total. The zero-order valence-corrected chi connectivity index (χ0v) is 18.6. The van der Waals surface area contributed by atoms with Crippen molar-refractivity contribution >= 4 is 11.9 Å². The van der Waals surface area contributed by atoms with Gasteiger partial charge in [0.15, 0.2) is 18.1 Å². The molecule has 0 aliphatic carbocycles. The van der Waals surface area contributed by atoms with Crippen LogP contribution in [0.1, 0.15) is 55.1 Å². The maximum Gasteiger partial charge on any atom is 0.338 e. The van der Waals surface area contributed by atoms with Gasteiger partial charge in [0.2, 0.25) is 0 Å². The lowest BCUT2D eigenvalue weighted by molar-refractivity contribution is -0.138. The van der Waals surface area contributed by atoms with E-state index in [1.165, 1.54) is 13.2 Å². The first-order valence-electron chi connectivity index (χ1n) is 9.86. The number of aromatic nitrogens is 1. The Morgan fingerprint density at radius 2 is 1.77 bits per heavy atom. The van der Waals surface area contributed by atoms with Gasteiger partial charge in [0, 0.05) is 12.1 Å². The topological polar surface area (TPSA) is 91.1 Å². The van der Waals surface area contributed by atoms with Gasteiger partial charge in [-0.2, -0.15) is 0 Å². The third kappa shape index (κ3) is 5.52. The zero-order valence-electron chi connectivity index (χ0n) is 18.6. The van der Waals surface area contributed by atoms with E-state index in [9.17, 15) is 9.59 Å². The highest BCUT2D eigenvalue weighted by molar-refractivity contribution is 5.92. The van der Waals surface area contributed by atoms with Crippen molar-refractivity contribution in [1.82, 2.24) is 10.1 Å². The zero-order chi connectivity index (χ0) is 22.4. The van der Waals surface area contributed by atoms with Gasteiger partial charge in [0.25, 0.3) is 5.91 Å². The maximum absolute atomic E-state index is 12.4. The molecule has 1 amide bonds. The van der Waals surface area contributed by atoms with Gasteiger partial charge in [0.05, 0.1) is 23.9 Å². The van der Waals surface area contributed by atoms with Crippen molar-refractivity contribution < 1.29 is 28.3 Å². The average molecular weight is 418 g/mol. The number of carbonyl (C=O) groups excluding carboxylic acids is 2. The first-order valence-corrected chi connectivity index (χ1v) is 9.86. The van der Waals surface area contributed by atoms with Gasteiger partial charge in [-0.1, -0.05) is 5.16 Å². The first kappa shape index (κ1) is 23.3. The predicted octanol–water partition coefficient (Wildman–Crippen LogP) is 3.68. The van der Waals surface area contributed by atoms with Crippen molar-refractivity contribution in [2.24, 2.45) is 0 Å². The Morgan fingerprint density at radius 1 is 1.10 bits per heavy atom. The summed E-state index contributed by atoms with van der Waals surface area (Å²) in [6.07, 6.45) is 0. The Balaban J connectivity index is 2.04. The predicted molar refractivity (Wildman–Crippen MR) is 111 cm³/mol. The summed E-state index contributed by atoms with van der Waals surface area (Å²) in [5.41, 5.74) is 1.89. The molecule has 0 spiro atoms.